The number of benzene rings is 4. The Hall–Kier alpha value is -6.74. The zero-order chi connectivity index (χ0) is 34.8. The summed E-state index contributed by atoms with van der Waals surface area (Å²) in [5.74, 6) is -2.38. The van der Waals surface area contributed by atoms with Crippen molar-refractivity contribution in [2.45, 2.75) is 6.42 Å². The molecule has 6 aromatic rings. The number of nitro groups is 2. The normalized spacial score (nSPS) is 14.1. The lowest BCUT2D eigenvalue weighted by Gasteiger charge is -2.28. The molecular formula is C35H23N7O8. The topological polar surface area (TPSA) is 199 Å². The second-order valence-corrected chi connectivity index (χ2v) is 12.0. The monoisotopic (exact) mass is 669 g/mol. The van der Waals surface area contributed by atoms with E-state index in [9.17, 15) is 39.4 Å². The van der Waals surface area contributed by atoms with E-state index in [1.807, 2.05) is 0 Å². The molecule has 0 atom stereocenters. The van der Waals surface area contributed by atoms with Gasteiger partial charge in [0.05, 0.1) is 32.0 Å². The van der Waals surface area contributed by atoms with E-state index < -0.39 is 33.5 Å². The number of aromatic nitrogens is 2. The van der Waals surface area contributed by atoms with Crippen molar-refractivity contribution >= 4 is 78.4 Å². The summed E-state index contributed by atoms with van der Waals surface area (Å²) in [4.78, 5) is 87.4. The van der Waals surface area contributed by atoms with Crippen LogP contribution in [-0.4, -0.2) is 79.4 Å². The molecule has 0 bridgehead atoms. The van der Waals surface area contributed by atoms with E-state index in [0.29, 0.717) is 56.3 Å². The second-order valence-electron chi connectivity index (χ2n) is 12.0. The van der Waals surface area contributed by atoms with Crippen molar-refractivity contribution in [1.82, 2.24) is 25.1 Å². The molecule has 8 rings (SSSR count). The first-order valence-electron chi connectivity index (χ1n) is 15.6. The van der Waals surface area contributed by atoms with Crippen LogP contribution in [0.1, 0.15) is 47.9 Å². The van der Waals surface area contributed by atoms with Gasteiger partial charge in [0.15, 0.2) is 0 Å². The van der Waals surface area contributed by atoms with Gasteiger partial charge in [0.2, 0.25) is 0 Å². The van der Waals surface area contributed by atoms with Gasteiger partial charge in [-0.25, -0.2) is 0 Å². The Morgan fingerprint density at radius 2 is 1.04 bits per heavy atom. The molecule has 4 heterocycles. The molecule has 4 aromatic carbocycles. The number of amides is 4. The van der Waals surface area contributed by atoms with Gasteiger partial charge in [-0.1, -0.05) is 12.1 Å². The van der Waals surface area contributed by atoms with Gasteiger partial charge < -0.3 is 5.32 Å². The van der Waals surface area contributed by atoms with Crippen molar-refractivity contribution in [1.29, 1.82) is 0 Å². The fourth-order valence-corrected chi connectivity index (χ4v) is 6.92. The van der Waals surface area contributed by atoms with Crippen LogP contribution in [0.3, 0.4) is 0 Å². The standard InChI is InChI=1S/C35H23N7O8/c43-32-24-12-18-4-1-7-37-30(18)22-14-20(41(47)48)16-26(28(22)24)34(45)39(32)10-3-6-36-9-11-40-33(44)25-13-19-5-2-8-38-31(19)23-15-21(42(49)50)17-27(29(23)25)35(40)46/h1-2,4-5,7-8,12-17,36H,3,6,9-11H2. The van der Waals surface area contributed by atoms with E-state index in [2.05, 4.69) is 15.3 Å². The van der Waals surface area contributed by atoms with Gasteiger partial charge in [0.25, 0.3) is 35.0 Å². The fourth-order valence-electron chi connectivity index (χ4n) is 6.92. The molecule has 0 saturated heterocycles. The summed E-state index contributed by atoms with van der Waals surface area (Å²) in [6.07, 6.45) is 3.38. The minimum Gasteiger partial charge on any atom is -0.315 e. The van der Waals surface area contributed by atoms with Gasteiger partial charge in [-0.15, -0.1) is 0 Å². The number of nitro benzene ring substituents is 2. The van der Waals surface area contributed by atoms with Crippen LogP contribution >= 0.6 is 0 Å². The molecule has 2 aromatic heterocycles. The number of hydrogen-bond acceptors (Lipinski definition) is 11. The number of nitrogens with one attached hydrogen (secondary N) is 1. The highest BCUT2D eigenvalue weighted by Crippen LogP contribution is 2.39. The average Bonchev–Trinajstić information content (AvgIpc) is 3.12. The van der Waals surface area contributed by atoms with E-state index >= 15 is 0 Å². The van der Waals surface area contributed by atoms with Crippen LogP contribution in [0.25, 0.3) is 43.4 Å². The summed E-state index contributed by atoms with van der Waals surface area (Å²) in [5.41, 5.74) is 0.886. The maximum atomic E-state index is 13.6. The molecule has 0 aliphatic carbocycles. The van der Waals surface area contributed by atoms with Crippen LogP contribution in [0.2, 0.25) is 0 Å². The van der Waals surface area contributed by atoms with Crippen LogP contribution < -0.4 is 5.32 Å². The lowest BCUT2D eigenvalue weighted by atomic mass is 9.91. The van der Waals surface area contributed by atoms with Crippen molar-refractivity contribution in [3.63, 3.8) is 0 Å². The number of fused-ring (bicyclic) bond motifs is 4. The molecule has 15 heteroatoms. The van der Waals surface area contributed by atoms with Crippen molar-refractivity contribution in [2.75, 3.05) is 26.2 Å². The first-order chi connectivity index (χ1) is 24.1. The Kier molecular flexibility index (Phi) is 7.01. The maximum absolute atomic E-state index is 13.6. The van der Waals surface area contributed by atoms with Gasteiger partial charge in [-0.05, 0) is 37.2 Å². The van der Waals surface area contributed by atoms with Crippen molar-refractivity contribution in [3.8, 4) is 0 Å². The number of imide groups is 2. The van der Waals surface area contributed by atoms with Gasteiger partial charge in [0.1, 0.15) is 0 Å². The van der Waals surface area contributed by atoms with Gasteiger partial charge in [-0.3, -0.25) is 59.2 Å². The number of carbonyl (C=O) groups excluding carboxylic acids is 4. The maximum Gasteiger partial charge on any atom is 0.270 e. The van der Waals surface area contributed by atoms with E-state index in [-0.39, 0.29) is 53.3 Å². The number of non-ortho nitro benzene ring substituents is 2. The van der Waals surface area contributed by atoms with Gasteiger partial charge >= 0.3 is 0 Å². The summed E-state index contributed by atoms with van der Waals surface area (Å²) in [6.45, 7) is 0.407. The average molecular weight is 670 g/mol. The molecule has 2 aliphatic heterocycles. The van der Waals surface area contributed by atoms with Crippen molar-refractivity contribution in [3.05, 3.63) is 116 Å². The SMILES string of the molecule is O=C1c2cc([N+](=O)[O-])cc3c2c(cc2cccnc23)C(=O)N1CCCNCCN1C(=O)c2cc([N+](=O)[O-])cc3c2c(cc2cccnc23)C1=O. The van der Waals surface area contributed by atoms with Crippen LogP contribution in [0.5, 0.6) is 0 Å². The van der Waals surface area contributed by atoms with Crippen LogP contribution in [0, 0.1) is 20.2 Å². The van der Waals surface area contributed by atoms with E-state index in [1.54, 1.807) is 36.4 Å². The predicted octanol–water partition coefficient (Wildman–Crippen LogP) is 4.78. The van der Waals surface area contributed by atoms with E-state index in [4.69, 9.17) is 0 Å². The summed E-state index contributed by atoms with van der Waals surface area (Å²) >= 11 is 0. The highest BCUT2D eigenvalue weighted by molar-refractivity contribution is 6.30. The van der Waals surface area contributed by atoms with E-state index in [0.717, 1.165) is 9.80 Å². The lowest BCUT2D eigenvalue weighted by Crippen LogP contribution is -2.44. The first-order valence-corrected chi connectivity index (χ1v) is 15.6. The minimum atomic E-state index is -0.664. The minimum absolute atomic E-state index is 0.00109. The fraction of sp³-hybridized carbons (Fsp3) is 0.143. The molecule has 0 unspecified atom stereocenters. The zero-order valence-corrected chi connectivity index (χ0v) is 25.9. The molecule has 15 nitrogen and oxygen atoms in total. The molecular weight excluding hydrogens is 646 g/mol. The van der Waals surface area contributed by atoms with Crippen LogP contribution in [0.4, 0.5) is 11.4 Å². The highest BCUT2D eigenvalue weighted by atomic mass is 16.6. The van der Waals surface area contributed by atoms with Crippen LogP contribution in [-0.2, 0) is 0 Å². The third-order valence-electron chi connectivity index (χ3n) is 9.14. The number of carbonyl (C=O) groups is 4. The number of rotatable bonds is 9. The van der Waals surface area contributed by atoms with Crippen molar-refractivity contribution < 1.29 is 29.0 Å². The Labute approximate surface area is 280 Å². The summed E-state index contributed by atoms with van der Waals surface area (Å²) in [6, 6.07) is 15.1. The smallest absolute Gasteiger partial charge is 0.270 e. The zero-order valence-electron chi connectivity index (χ0n) is 25.9. The lowest BCUT2D eigenvalue weighted by molar-refractivity contribution is -0.384. The molecule has 0 spiro atoms. The second kappa shape index (κ2) is 11.5. The molecule has 246 valence electrons. The molecule has 0 radical (unpaired) electrons. The Morgan fingerprint density at radius 3 is 1.50 bits per heavy atom. The summed E-state index contributed by atoms with van der Waals surface area (Å²) in [5, 5.41) is 29.2. The Morgan fingerprint density at radius 1 is 0.600 bits per heavy atom. The Balaban J connectivity index is 0.982. The number of nitrogens with zero attached hydrogens (tertiary/aromatic N) is 6. The predicted molar refractivity (Wildman–Crippen MR) is 180 cm³/mol. The Bertz CT molecular complexity index is 2390. The third-order valence-corrected chi connectivity index (χ3v) is 9.14. The summed E-state index contributed by atoms with van der Waals surface area (Å²) < 4.78 is 0. The quantitative estimate of drug-likeness (QED) is 0.0731. The number of hydrogen-bond donors (Lipinski definition) is 1. The molecule has 0 fully saturated rings. The van der Waals surface area contributed by atoms with E-state index in [1.165, 1.54) is 36.7 Å². The highest BCUT2D eigenvalue weighted by Gasteiger charge is 2.36. The third kappa shape index (κ3) is 4.62. The van der Waals surface area contributed by atoms with Crippen molar-refractivity contribution in [2.24, 2.45) is 0 Å². The number of pyridine rings is 2. The molecule has 1 N–H and O–H groups in total. The molecule has 2 aliphatic rings. The molecule has 0 saturated carbocycles. The summed E-state index contributed by atoms with van der Waals surface area (Å²) in [7, 11) is 0. The van der Waals surface area contributed by atoms with Gasteiger partial charge in [-0.2, -0.15) is 0 Å². The van der Waals surface area contributed by atoms with Gasteiger partial charge in [0, 0.05) is 99.7 Å². The first kappa shape index (κ1) is 30.6. The van der Waals surface area contributed by atoms with Crippen LogP contribution in [0.15, 0.2) is 73.1 Å². The molecule has 4 amide bonds. The molecule has 50 heavy (non-hydrogen) atoms. The largest absolute Gasteiger partial charge is 0.315 e.